The number of nitrogens with one attached hydrogen (secondary N) is 1. The first kappa shape index (κ1) is 36.6. The molecular formula is C54H44N4S. The van der Waals surface area contributed by atoms with Crippen molar-refractivity contribution < 1.29 is 0 Å². The normalized spacial score (nSPS) is 16.9. The van der Waals surface area contributed by atoms with Crippen LogP contribution < -0.4 is 5.32 Å². The Balaban J connectivity index is 1.14. The summed E-state index contributed by atoms with van der Waals surface area (Å²) in [7, 11) is 0. The SMILES string of the molecule is C1=CCCC(C2=NC(C3=CCCC=C3)=NC(c3ccc4c(c3)sccc(-c3ccc(-c5nccc6c5CCC=C6)cc3)cccc3ccccc3c3ccccc43)N2)=C1. The van der Waals surface area contributed by atoms with Gasteiger partial charge in [-0.1, -0.05) is 152 Å². The number of hydrogen-bond donors (Lipinski definition) is 1. The van der Waals surface area contributed by atoms with E-state index in [1.54, 1.807) is 11.3 Å². The second-order valence-electron chi connectivity index (χ2n) is 15.3. The van der Waals surface area contributed by atoms with Crippen LogP contribution in [-0.2, 0) is 6.42 Å². The predicted molar refractivity (Wildman–Crippen MR) is 252 cm³/mol. The maximum Gasteiger partial charge on any atom is 0.159 e. The van der Waals surface area contributed by atoms with Gasteiger partial charge in [0.2, 0.25) is 0 Å². The molecular weight excluding hydrogens is 737 g/mol. The van der Waals surface area contributed by atoms with Gasteiger partial charge in [-0.2, -0.15) is 0 Å². The molecule has 4 aliphatic rings. The van der Waals surface area contributed by atoms with Crippen molar-refractivity contribution in [1.82, 2.24) is 10.3 Å². The van der Waals surface area contributed by atoms with Crippen LogP contribution in [-0.4, -0.2) is 16.7 Å². The fourth-order valence-corrected chi connectivity index (χ4v) is 9.35. The first-order valence-corrected chi connectivity index (χ1v) is 21.6. The molecule has 0 radical (unpaired) electrons. The summed E-state index contributed by atoms with van der Waals surface area (Å²) >= 11 is 1.75. The minimum Gasteiger partial charge on any atom is -0.344 e. The lowest BCUT2D eigenvalue weighted by atomic mass is 9.93. The predicted octanol–water partition coefficient (Wildman–Crippen LogP) is 14.1. The van der Waals surface area contributed by atoms with E-state index in [0.717, 1.165) is 83.7 Å². The Labute approximate surface area is 349 Å². The van der Waals surface area contributed by atoms with Crippen molar-refractivity contribution in [3.05, 3.63) is 203 Å². The van der Waals surface area contributed by atoms with Crippen LogP contribution >= 0.6 is 11.3 Å². The molecule has 0 spiro atoms. The van der Waals surface area contributed by atoms with Crippen molar-refractivity contribution in [2.45, 2.75) is 44.7 Å². The topological polar surface area (TPSA) is 49.6 Å². The van der Waals surface area contributed by atoms with Crippen molar-refractivity contribution >= 4 is 60.7 Å². The van der Waals surface area contributed by atoms with E-state index in [0.29, 0.717) is 0 Å². The van der Waals surface area contributed by atoms with Crippen LogP contribution in [0.25, 0.3) is 60.1 Å². The van der Waals surface area contributed by atoms with Crippen LogP contribution in [0.3, 0.4) is 0 Å². The van der Waals surface area contributed by atoms with Crippen LogP contribution in [0.4, 0.5) is 0 Å². The van der Waals surface area contributed by atoms with Crippen LogP contribution in [0.1, 0.15) is 55.0 Å². The molecule has 6 aromatic rings. The molecule has 59 heavy (non-hydrogen) atoms. The first-order chi connectivity index (χ1) is 29.2. The second-order valence-corrected chi connectivity index (χ2v) is 16.2. The molecule has 10 rings (SSSR count). The summed E-state index contributed by atoms with van der Waals surface area (Å²) in [5, 5.41) is 11.9. The van der Waals surface area contributed by atoms with E-state index < -0.39 is 0 Å². The van der Waals surface area contributed by atoms with Crippen molar-refractivity contribution in [1.29, 1.82) is 0 Å². The first-order valence-electron chi connectivity index (χ1n) is 20.7. The molecule has 5 heteroatoms. The summed E-state index contributed by atoms with van der Waals surface area (Å²) in [5.41, 5.74) is 10.5. The molecule has 3 heterocycles. The van der Waals surface area contributed by atoms with Crippen LogP contribution in [0.2, 0.25) is 0 Å². The summed E-state index contributed by atoms with van der Waals surface area (Å²) < 4.78 is 1.17. The number of hydrogen-bond acceptors (Lipinski definition) is 5. The highest BCUT2D eigenvalue weighted by Gasteiger charge is 2.23. The highest BCUT2D eigenvalue weighted by Crippen LogP contribution is 2.34. The van der Waals surface area contributed by atoms with Gasteiger partial charge in [0.1, 0.15) is 12.0 Å². The number of nitrogens with zero attached hydrogens (tertiary/aromatic N) is 3. The van der Waals surface area contributed by atoms with Gasteiger partial charge >= 0.3 is 0 Å². The number of aromatic nitrogens is 1. The number of amidine groups is 2. The number of benzene rings is 4. The summed E-state index contributed by atoms with van der Waals surface area (Å²) in [6, 6.07) is 44.3. The van der Waals surface area contributed by atoms with Crippen LogP contribution in [0, 0.1) is 0 Å². The Bertz CT molecular complexity index is 2970. The van der Waals surface area contributed by atoms with Gasteiger partial charge in [0, 0.05) is 22.0 Å². The molecule has 0 saturated heterocycles. The van der Waals surface area contributed by atoms with Gasteiger partial charge in [-0.05, 0) is 122 Å². The maximum atomic E-state index is 5.26. The van der Waals surface area contributed by atoms with Gasteiger partial charge in [-0.25, -0.2) is 9.98 Å². The lowest BCUT2D eigenvalue weighted by Gasteiger charge is -2.26. The Morgan fingerprint density at radius 1 is 0.627 bits per heavy atom. The summed E-state index contributed by atoms with van der Waals surface area (Å²) in [6.45, 7) is 0. The second kappa shape index (κ2) is 16.7. The van der Waals surface area contributed by atoms with Crippen molar-refractivity contribution in [2.75, 3.05) is 0 Å². The smallest absolute Gasteiger partial charge is 0.159 e. The standard InChI is InChI=1S/C54H44N4S/c1-3-16-42(17-4-1)52-56-53(43-18-5-2-6-19-43)58-54(57-52)44-30-31-49-48-25-12-11-24-47(48)45-22-9-7-14-39(45)21-13-20-37(33-35-59-50(49)36-44)38-26-28-41(29-27-38)51-46-23-10-8-15-40(46)32-34-55-51/h1,3,5,7-9,11-16,18-22,24-36,54H,2,4,6,10,17,23H2,(H,56,57,58). The van der Waals surface area contributed by atoms with Gasteiger partial charge in [0.05, 0.1) is 5.69 Å². The fourth-order valence-electron chi connectivity index (χ4n) is 8.48. The number of aliphatic imine (C=N–C) groups is 2. The lowest BCUT2D eigenvalue weighted by Crippen LogP contribution is -2.34. The van der Waals surface area contributed by atoms with Gasteiger partial charge < -0.3 is 5.32 Å². The van der Waals surface area contributed by atoms with Gasteiger partial charge in [0.15, 0.2) is 5.84 Å². The fraction of sp³-hybridized carbons (Fsp3) is 0.130. The monoisotopic (exact) mass is 780 g/mol. The largest absolute Gasteiger partial charge is 0.344 e. The molecule has 0 fully saturated rings. The third-order valence-corrected chi connectivity index (χ3v) is 12.4. The van der Waals surface area contributed by atoms with E-state index in [-0.39, 0.29) is 6.17 Å². The molecule has 0 amide bonds. The quantitative estimate of drug-likeness (QED) is 0.189. The van der Waals surface area contributed by atoms with E-state index in [1.165, 1.54) is 48.3 Å². The molecule has 3 aliphatic carbocycles. The zero-order valence-corrected chi connectivity index (χ0v) is 33.7. The van der Waals surface area contributed by atoms with Crippen LogP contribution in [0.5, 0.6) is 0 Å². The molecule has 1 N–H and O–H groups in total. The number of rotatable bonds is 5. The van der Waals surface area contributed by atoms with E-state index in [9.17, 15) is 0 Å². The molecule has 1 aliphatic heterocycles. The highest BCUT2D eigenvalue weighted by atomic mass is 32.1. The van der Waals surface area contributed by atoms with E-state index >= 15 is 0 Å². The zero-order chi connectivity index (χ0) is 39.4. The van der Waals surface area contributed by atoms with Crippen molar-refractivity contribution in [3.8, 4) is 22.4 Å². The highest BCUT2D eigenvalue weighted by molar-refractivity contribution is 7.16. The van der Waals surface area contributed by atoms with Gasteiger partial charge in [-0.15, -0.1) is 11.3 Å². The Morgan fingerprint density at radius 2 is 1.41 bits per heavy atom. The maximum absolute atomic E-state index is 5.26. The third kappa shape index (κ3) is 7.70. The summed E-state index contributed by atoms with van der Waals surface area (Å²) in [5.74, 6) is 1.71. The summed E-state index contributed by atoms with van der Waals surface area (Å²) in [6.07, 6.45) is 25.4. The van der Waals surface area contributed by atoms with Gasteiger partial charge in [0.25, 0.3) is 0 Å². The molecule has 2 aromatic heterocycles. The zero-order valence-electron chi connectivity index (χ0n) is 32.9. The average molecular weight is 781 g/mol. The minimum absolute atomic E-state index is 0.283. The molecule has 0 saturated carbocycles. The van der Waals surface area contributed by atoms with Gasteiger partial charge in [-0.3, -0.25) is 4.98 Å². The third-order valence-electron chi connectivity index (χ3n) is 11.5. The van der Waals surface area contributed by atoms with Crippen LogP contribution in [0.15, 0.2) is 197 Å². The number of pyridine rings is 1. The lowest BCUT2D eigenvalue weighted by molar-refractivity contribution is 0.671. The Hall–Kier alpha value is -6.69. The van der Waals surface area contributed by atoms with E-state index in [2.05, 4.69) is 181 Å². The molecule has 1 atom stereocenters. The molecule has 286 valence electrons. The van der Waals surface area contributed by atoms with Crippen molar-refractivity contribution in [2.24, 2.45) is 9.98 Å². The van der Waals surface area contributed by atoms with E-state index in [4.69, 9.17) is 15.0 Å². The molecule has 0 bridgehead atoms. The minimum atomic E-state index is -0.283. The Morgan fingerprint density at radius 3 is 2.25 bits per heavy atom. The van der Waals surface area contributed by atoms with Crippen molar-refractivity contribution in [3.63, 3.8) is 0 Å². The number of allylic oxidation sites excluding steroid dienone is 6. The van der Waals surface area contributed by atoms with E-state index in [1.807, 2.05) is 6.20 Å². The number of fused-ring (bicyclic) bond motifs is 6. The summed E-state index contributed by atoms with van der Waals surface area (Å²) in [4.78, 5) is 15.2. The molecule has 4 nitrogen and oxygen atoms in total. The average Bonchev–Trinajstić information content (AvgIpc) is 3.32. The Kier molecular flexibility index (Phi) is 10.3. The molecule has 1 unspecified atom stereocenters. The molecule has 4 aromatic carbocycles.